The third kappa shape index (κ3) is 3.97. The van der Waals surface area contributed by atoms with E-state index in [1.165, 1.54) is 32.3 Å². The van der Waals surface area contributed by atoms with Crippen molar-refractivity contribution in [2.75, 3.05) is 0 Å². The Morgan fingerprint density at radius 1 is 0.268 bits per heavy atom. The van der Waals surface area contributed by atoms with Crippen LogP contribution < -0.4 is 0 Å². The summed E-state index contributed by atoms with van der Waals surface area (Å²) in [7, 11) is 0. The summed E-state index contributed by atoms with van der Waals surface area (Å²) in [4.78, 5) is 0. The first kappa shape index (κ1) is 31.3. The van der Waals surface area contributed by atoms with Crippen LogP contribution in [0, 0.1) is 45.3 Å². The molecular formula is C52H24N4. The Morgan fingerprint density at radius 2 is 0.696 bits per heavy atom. The van der Waals surface area contributed by atoms with Crippen LogP contribution in [-0.4, -0.2) is 0 Å². The maximum Gasteiger partial charge on any atom is 0.102 e. The Hall–Kier alpha value is -8.28. The summed E-state index contributed by atoms with van der Waals surface area (Å²) in [6.45, 7) is 0. The van der Waals surface area contributed by atoms with Gasteiger partial charge in [-0.25, -0.2) is 0 Å². The van der Waals surface area contributed by atoms with Crippen LogP contribution in [-0.2, 0) is 0 Å². The molecule has 1 aliphatic rings. The lowest BCUT2D eigenvalue weighted by molar-refractivity contribution is 1.39. The van der Waals surface area contributed by atoms with Gasteiger partial charge in [0.2, 0.25) is 0 Å². The van der Waals surface area contributed by atoms with Crippen LogP contribution in [0.1, 0.15) is 22.3 Å². The van der Waals surface area contributed by atoms with Gasteiger partial charge in [-0.1, -0.05) is 146 Å². The van der Waals surface area contributed by atoms with Gasteiger partial charge in [-0.2, -0.15) is 21.0 Å². The smallest absolute Gasteiger partial charge is 0.102 e. The lowest BCUT2D eigenvalue weighted by atomic mass is 9.77. The highest BCUT2D eigenvalue weighted by molar-refractivity contribution is 6.32. The maximum absolute atomic E-state index is 10.9. The number of nitriles is 4. The molecule has 10 aromatic rings. The second-order valence-electron chi connectivity index (χ2n) is 14.3. The van der Waals surface area contributed by atoms with Crippen molar-refractivity contribution in [2.24, 2.45) is 0 Å². The fraction of sp³-hybridized carbons (Fsp3) is 0. The van der Waals surface area contributed by atoms with E-state index in [0.717, 1.165) is 66.4 Å². The molecule has 0 aromatic heterocycles. The number of fused-ring (bicyclic) bond motifs is 4. The molecule has 0 aliphatic heterocycles. The predicted molar refractivity (Wildman–Crippen MR) is 225 cm³/mol. The third-order valence-electron chi connectivity index (χ3n) is 11.7. The van der Waals surface area contributed by atoms with E-state index in [2.05, 4.69) is 109 Å². The second-order valence-corrected chi connectivity index (χ2v) is 14.3. The molecule has 4 nitrogen and oxygen atoms in total. The zero-order valence-electron chi connectivity index (χ0n) is 29.6. The highest BCUT2D eigenvalue weighted by Crippen LogP contribution is 2.60. The fourth-order valence-corrected chi connectivity index (χ4v) is 9.55. The minimum atomic E-state index is -0.0831. The molecule has 0 atom stereocenters. The molecule has 0 heterocycles. The highest BCUT2D eigenvalue weighted by atomic mass is 14.4. The van der Waals surface area contributed by atoms with E-state index < -0.39 is 0 Å². The van der Waals surface area contributed by atoms with Gasteiger partial charge in [-0.15, -0.1) is 0 Å². The Kier molecular flexibility index (Phi) is 6.48. The van der Waals surface area contributed by atoms with Crippen LogP contribution in [0.15, 0.2) is 146 Å². The number of benzene rings is 10. The summed E-state index contributed by atoms with van der Waals surface area (Å²) in [5.41, 5.74) is 9.37. The number of hydrogen-bond donors (Lipinski definition) is 0. The summed E-state index contributed by atoms with van der Waals surface area (Å²) in [6, 6.07) is 59.3. The topological polar surface area (TPSA) is 95.2 Å². The Balaban J connectivity index is 1.35. The monoisotopic (exact) mass is 704 g/mol. The van der Waals surface area contributed by atoms with Crippen LogP contribution >= 0.6 is 0 Å². The van der Waals surface area contributed by atoms with Gasteiger partial charge in [-0.05, 0) is 98.7 Å². The van der Waals surface area contributed by atoms with Crippen molar-refractivity contribution >= 4 is 53.9 Å². The lowest BCUT2D eigenvalue weighted by Gasteiger charge is -2.23. The van der Waals surface area contributed by atoms with Crippen molar-refractivity contribution in [1.29, 1.82) is 21.0 Å². The van der Waals surface area contributed by atoms with E-state index in [4.69, 9.17) is 0 Å². The van der Waals surface area contributed by atoms with Crippen molar-refractivity contribution in [3.05, 3.63) is 168 Å². The minimum absolute atomic E-state index is 0.0831. The summed E-state index contributed by atoms with van der Waals surface area (Å²) in [6.07, 6.45) is 0. The standard InChI is InChI=1S/C52H24N4/c53-25-40-41(26-54)43(28-56)52-47(30-11-5-2-6-12-30)50-39-24-23-35(34-21-19-33-18-17-31-13-7-14-32-20-22-37(34)45(33)44(31)32)36-15-8-16-38(48(36)39)49(50)46(51(52)42(40)27-55)29-9-3-1-4-10-29/h1-24H. The predicted octanol–water partition coefficient (Wildman–Crippen LogP) is 13.0. The number of rotatable bonds is 3. The summed E-state index contributed by atoms with van der Waals surface area (Å²) in [5, 5.41) is 53.3. The number of nitrogens with zero attached hydrogens (tertiary/aromatic N) is 4. The first-order valence-electron chi connectivity index (χ1n) is 18.3. The third-order valence-corrected chi connectivity index (χ3v) is 11.7. The normalized spacial score (nSPS) is 11.5. The first-order valence-corrected chi connectivity index (χ1v) is 18.3. The van der Waals surface area contributed by atoms with Crippen LogP contribution in [0.5, 0.6) is 0 Å². The van der Waals surface area contributed by atoms with Gasteiger partial charge in [0.05, 0.1) is 22.3 Å². The van der Waals surface area contributed by atoms with Gasteiger partial charge in [0.15, 0.2) is 0 Å². The molecular weight excluding hydrogens is 681 g/mol. The first-order chi connectivity index (χ1) is 27.7. The molecule has 56 heavy (non-hydrogen) atoms. The average molecular weight is 705 g/mol. The van der Waals surface area contributed by atoms with Crippen molar-refractivity contribution in [3.63, 3.8) is 0 Å². The average Bonchev–Trinajstić information content (AvgIpc) is 3.59. The zero-order valence-corrected chi connectivity index (χ0v) is 29.6. The fourth-order valence-electron chi connectivity index (χ4n) is 9.55. The summed E-state index contributed by atoms with van der Waals surface area (Å²) >= 11 is 0. The van der Waals surface area contributed by atoms with E-state index in [-0.39, 0.29) is 22.3 Å². The van der Waals surface area contributed by atoms with Gasteiger partial charge in [0, 0.05) is 10.8 Å². The molecule has 0 saturated heterocycles. The molecule has 1 aliphatic carbocycles. The molecule has 252 valence electrons. The van der Waals surface area contributed by atoms with Crippen LogP contribution in [0.2, 0.25) is 0 Å². The van der Waals surface area contributed by atoms with E-state index in [0.29, 0.717) is 10.8 Å². The Bertz CT molecular complexity index is 3410. The van der Waals surface area contributed by atoms with Gasteiger partial charge >= 0.3 is 0 Å². The van der Waals surface area contributed by atoms with E-state index in [9.17, 15) is 21.0 Å². The van der Waals surface area contributed by atoms with Gasteiger partial charge < -0.3 is 0 Å². The quantitative estimate of drug-likeness (QED) is 0.171. The van der Waals surface area contributed by atoms with Gasteiger partial charge in [0.25, 0.3) is 0 Å². The van der Waals surface area contributed by atoms with E-state index in [1.807, 2.05) is 60.7 Å². The Morgan fingerprint density at radius 3 is 1.25 bits per heavy atom. The zero-order chi connectivity index (χ0) is 37.7. The Labute approximate surface area is 321 Å². The van der Waals surface area contributed by atoms with E-state index >= 15 is 0 Å². The highest BCUT2D eigenvalue weighted by Gasteiger charge is 2.35. The molecule has 4 heteroatoms. The van der Waals surface area contributed by atoms with Crippen molar-refractivity contribution in [3.8, 4) is 79.9 Å². The molecule has 11 rings (SSSR count). The molecule has 0 bridgehead atoms. The summed E-state index contributed by atoms with van der Waals surface area (Å²) < 4.78 is 0. The lowest BCUT2D eigenvalue weighted by Crippen LogP contribution is -2.03. The molecule has 0 spiro atoms. The molecule has 0 unspecified atom stereocenters. The van der Waals surface area contributed by atoms with Gasteiger partial charge in [0.1, 0.15) is 24.3 Å². The molecule has 0 fully saturated rings. The molecule has 0 N–H and O–H groups in total. The SMILES string of the molecule is N#Cc1c(C#N)c(C#N)c2c(-c3ccccc3)c3c(c(-c4ccccc4)c2c1C#N)-c1cccc2c(-c4ccc5ccc6cccc7ccc4c5c67)ccc-3c12. The van der Waals surface area contributed by atoms with E-state index in [1.54, 1.807) is 0 Å². The molecule has 0 radical (unpaired) electrons. The second kappa shape index (κ2) is 11.6. The summed E-state index contributed by atoms with van der Waals surface area (Å²) in [5.74, 6) is 0. The minimum Gasteiger partial charge on any atom is -0.192 e. The van der Waals surface area contributed by atoms with Crippen molar-refractivity contribution < 1.29 is 0 Å². The van der Waals surface area contributed by atoms with Crippen molar-refractivity contribution in [1.82, 2.24) is 0 Å². The van der Waals surface area contributed by atoms with Crippen molar-refractivity contribution in [2.45, 2.75) is 0 Å². The van der Waals surface area contributed by atoms with Crippen LogP contribution in [0.3, 0.4) is 0 Å². The maximum atomic E-state index is 10.9. The molecule has 0 amide bonds. The van der Waals surface area contributed by atoms with Crippen LogP contribution in [0.4, 0.5) is 0 Å². The van der Waals surface area contributed by atoms with Gasteiger partial charge in [-0.3, -0.25) is 0 Å². The molecule has 0 saturated carbocycles. The number of hydrogen-bond acceptors (Lipinski definition) is 4. The van der Waals surface area contributed by atoms with Crippen LogP contribution in [0.25, 0.3) is 109 Å². The molecule has 10 aromatic carbocycles. The largest absolute Gasteiger partial charge is 0.192 e.